The van der Waals surface area contributed by atoms with Gasteiger partial charge in [0.15, 0.2) is 6.29 Å². The third-order valence-corrected chi connectivity index (χ3v) is 5.70. The van der Waals surface area contributed by atoms with Crippen LogP contribution >= 0.6 is 0 Å². The third kappa shape index (κ3) is 16.7. The van der Waals surface area contributed by atoms with E-state index < -0.39 is 60.1 Å². The number of aliphatic hydroxyl groups is 2. The summed E-state index contributed by atoms with van der Waals surface area (Å²) in [6.07, 6.45) is 2.54. The molecule has 2 unspecified atom stereocenters. The Morgan fingerprint density at radius 2 is 1.09 bits per heavy atom. The molecule has 2 amide bonds. The lowest BCUT2D eigenvalue weighted by atomic mass is 9.88. The molecule has 0 aromatic heterocycles. The van der Waals surface area contributed by atoms with Crippen LogP contribution in [0, 0.1) is 16.2 Å². The lowest BCUT2D eigenvalue weighted by Crippen LogP contribution is -2.50. The Bertz CT molecular complexity index is 986. The molecule has 0 bridgehead atoms. The van der Waals surface area contributed by atoms with Crippen molar-refractivity contribution in [2.45, 2.75) is 19.1 Å². The lowest BCUT2D eigenvalue weighted by Gasteiger charge is -2.36. The van der Waals surface area contributed by atoms with Crippen molar-refractivity contribution in [3.05, 3.63) is 63.3 Å². The number of carbonyl (C=O) groups excluding carboxylic acids is 5. The molecule has 5 N–H and O–H groups in total. The van der Waals surface area contributed by atoms with Crippen LogP contribution in [0.4, 0.5) is 0 Å². The minimum absolute atomic E-state index is 0.198. The summed E-state index contributed by atoms with van der Waals surface area (Å²) in [5.74, 6) is -3.93. The van der Waals surface area contributed by atoms with Crippen molar-refractivity contribution >= 4 is 35.6 Å². The summed E-state index contributed by atoms with van der Waals surface area (Å²) in [5.41, 5.74) is -2.75. The molecule has 0 aromatic carbocycles. The van der Waals surface area contributed by atoms with Gasteiger partial charge in [0, 0.05) is 31.7 Å². The van der Waals surface area contributed by atoms with Gasteiger partial charge in [-0.15, -0.1) is 0 Å². The Balaban J connectivity index is 6.35. The van der Waals surface area contributed by atoms with Gasteiger partial charge in [0.25, 0.3) is 0 Å². The molecule has 0 heterocycles. The zero-order chi connectivity index (χ0) is 33.6. The van der Waals surface area contributed by atoms with E-state index in [4.69, 9.17) is 39.3 Å². The molecule has 0 radical (unpaired) electrons. The molecular formula is C29H41N3O12. The number of ether oxygens (including phenoxy) is 5. The van der Waals surface area contributed by atoms with Crippen molar-refractivity contribution in [2.24, 2.45) is 10.8 Å². The second-order valence-electron chi connectivity index (χ2n) is 9.50. The maximum absolute atomic E-state index is 12.3. The van der Waals surface area contributed by atoms with Crippen molar-refractivity contribution in [1.29, 1.82) is 5.41 Å². The van der Waals surface area contributed by atoms with Crippen molar-refractivity contribution in [3.8, 4) is 0 Å². The quantitative estimate of drug-likeness (QED) is 0.0237. The van der Waals surface area contributed by atoms with Crippen LogP contribution in [0.15, 0.2) is 63.3 Å². The standard InChI is InChI=1S/C29H41N3O12/c1-6-21(30)41-17-28(13-31-22(33)7-2,18-42-25(37)9-4)15-40-16-29(14-32-23(34)8-3,19-43-26(38)10-5)20-44-27(39)12-11-24(35)36/h6-10,24,30,35-36H,1-5,11-20H2,(H,31,33)(H,32,34). The smallest absolute Gasteiger partial charge is 0.330 e. The number of nitrogens with one attached hydrogen (secondary N) is 3. The molecule has 15 heteroatoms. The van der Waals surface area contributed by atoms with Crippen molar-refractivity contribution in [1.82, 2.24) is 10.6 Å². The number of esters is 3. The Morgan fingerprint density at radius 1 is 0.659 bits per heavy atom. The summed E-state index contributed by atoms with van der Waals surface area (Å²) in [4.78, 5) is 60.2. The molecule has 0 aliphatic carbocycles. The monoisotopic (exact) mass is 623 g/mol. The summed E-state index contributed by atoms with van der Waals surface area (Å²) in [7, 11) is 0. The van der Waals surface area contributed by atoms with Crippen molar-refractivity contribution in [3.63, 3.8) is 0 Å². The zero-order valence-electron chi connectivity index (χ0n) is 24.5. The maximum atomic E-state index is 12.3. The van der Waals surface area contributed by atoms with Crippen molar-refractivity contribution in [2.75, 3.05) is 52.7 Å². The van der Waals surface area contributed by atoms with E-state index in [0.29, 0.717) is 0 Å². The second kappa shape index (κ2) is 21.1. The van der Waals surface area contributed by atoms with Crippen LogP contribution in [-0.4, -0.2) is 105 Å². The van der Waals surface area contributed by atoms with Crippen LogP contribution in [0.5, 0.6) is 0 Å². The van der Waals surface area contributed by atoms with Gasteiger partial charge in [-0.05, 0) is 18.2 Å². The highest BCUT2D eigenvalue weighted by molar-refractivity contribution is 5.87. The first-order chi connectivity index (χ1) is 20.8. The van der Waals surface area contributed by atoms with Crippen LogP contribution < -0.4 is 10.6 Å². The predicted molar refractivity (Wildman–Crippen MR) is 157 cm³/mol. The average Bonchev–Trinajstić information content (AvgIpc) is 3.03. The van der Waals surface area contributed by atoms with E-state index in [1.807, 2.05) is 0 Å². The predicted octanol–water partition coefficient (Wildman–Crippen LogP) is -0.147. The van der Waals surface area contributed by atoms with Crippen LogP contribution in [0.2, 0.25) is 0 Å². The van der Waals surface area contributed by atoms with E-state index in [0.717, 1.165) is 30.4 Å². The Morgan fingerprint density at radius 3 is 1.48 bits per heavy atom. The minimum Gasteiger partial charge on any atom is -0.477 e. The number of carbonyl (C=O) groups is 5. The van der Waals surface area contributed by atoms with Gasteiger partial charge in [0.2, 0.25) is 17.7 Å². The molecule has 15 nitrogen and oxygen atoms in total. The van der Waals surface area contributed by atoms with Crippen molar-refractivity contribution < 1.29 is 57.9 Å². The van der Waals surface area contributed by atoms with E-state index >= 15 is 0 Å². The first-order valence-electron chi connectivity index (χ1n) is 13.1. The SMILES string of the molecule is C=CC(=N)OCC(CNC(=O)C=C)(COCC(CNC(=O)C=C)(COC(=O)C=C)COC(=O)CCC(O)O)COC(=O)C=C. The summed E-state index contributed by atoms with van der Waals surface area (Å²) in [5, 5.41) is 31.0. The molecule has 0 saturated carbocycles. The average molecular weight is 624 g/mol. The highest BCUT2D eigenvalue weighted by Gasteiger charge is 2.39. The van der Waals surface area contributed by atoms with E-state index in [9.17, 15) is 24.0 Å². The number of aliphatic hydroxyl groups excluding tert-OH is 1. The molecule has 0 aliphatic heterocycles. The largest absolute Gasteiger partial charge is 0.477 e. The van der Waals surface area contributed by atoms with E-state index in [2.05, 4.69) is 43.5 Å². The first kappa shape index (κ1) is 39.4. The fraction of sp³-hybridized carbons (Fsp3) is 0.448. The third-order valence-electron chi connectivity index (χ3n) is 5.70. The molecule has 0 rings (SSSR count). The summed E-state index contributed by atoms with van der Waals surface area (Å²) < 4.78 is 27.2. The van der Waals surface area contributed by atoms with E-state index in [1.165, 1.54) is 0 Å². The van der Waals surface area contributed by atoms with Crippen LogP contribution in [0.25, 0.3) is 0 Å². The van der Waals surface area contributed by atoms with Gasteiger partial charge in [-0.2, -0.15) is 0 Å². The first-order valence-corrected chi connectivity index (χ1v) is 13.1. The highest BCUT2D eigenvalue weighted by atomic mass is 16.6. The van der Waals surface area contributed by atoms with Crippen LogP contribution in [0.3, 0.4) is 0 Å². The molecule has 0 fully saturated rings. The van der Waals surface area contributed by atoms with E-state index in [-0.39, 0.29) is 58.3 Å². The van der Waals surface area contributed by atoms with Crippen LogP contribution in [-0.2, 0) is 47.7 Å². The molecule has 0 aromatic rings. The van der Waals surface area contributed by atoms with Gasteiger partial charge in [-0.25, -0.2) is 9.59 Å². The molecule has 0 aliphatic rings. The normalized spacial score (nSPS) is 13.1. The second-order valence-corrected chi connectivity index (χ2v) is 9.50. The van der Waals surface area contributed by atoms with E-state index in [1.54, 1.807) is 0 Å². The Hall–Kier alpha value is -4.60. The fourth-order valence-corrected chi connectivity index (χ4v) is 3.14. The van der Waals surface area contributed by atoms with Gasteiger partial charge < -0.3 is 44.5 Å². The number of rotatable bonds is 24. The molecular weight excluding hydrogens is 582 g/mol. The molecule has 244 valence electrons. The Kier molecular flexibility index (Phi) is 18.9. The topological polar surface area (TPSA) is 220 Å². The number of amides is 2. The molecule has 0 spiro atoms. The minimum atomic E-state index is -1.74. The lowest BCUT2D eigenvalue weighted by molar-refractivity contribution is -0.158. The molecule has 2 atom stereocenters. The molecule has 44 heavy (non-hydrogen) atoms. The number of hydrogen-bond donors (Lipinski definition) is 5. The van der Waals surface area contributed by atoms with Gasteiger partial charge in [0.1, 0.15) is 26.4 Å². The van der Waals surface area contributed by atoms with Gasteiger partial charge >= 0.3 is 17.9 Å². The summed E-state index contributed by atoms with van der Waals surface area (Å²) in [6, 6.07) is 0. The maximum Gasteiger partial charge on any atom is 0.330 e. The highest BCUT2D eigenvalue weighted by Crippen LogP contribution is 2.24. The van der Waals surface area contributed by atoms with Gasteiger partial charge in [-0.1, -0.05) is 32.9 Å². The van der Waals surface area contributed by atoms with Gasteiger partial charge in [0.05, 0.1) is 30.5 Å². The summed E-state index contributed by atoms with van der Waals surface area (Å²) in [6.45, 7) is 14.1. The number of hydrogen-bond acceptors (Lipinski definition) is 13. The summed E-state index contributed by atoms with van der Waals surface area (Å²) >= 11 is 0. The zero-order valence-corrected chi connectivity index (χ0v) is 24.5. The Labute approximate surface area is 255 Å². The van der Waals surface area contributed by atoms with Crippen LogP contribution in [0.1, 0.15) is 12.8 Å². The fourth-order valence-electron chi connectivity index (χ4n) is 3.14. The molecule has 0 saturated heterocycles. The van der Waals surface area contributed by atoms with Gasteiger partial charge in [-0.3, -0.25) is 19.8 Å².